The monoisotopic (exact) mass is 894 g/mol. The van der Waals surface area contributed by atoms with Crippen LogP contribution in [0.25, 0.3) is 0 Å². The summed E-state index contributed by atoms with van der Waals surface area (Å²) in [6, 6.07) is 18.0. The zero-order chi connectivity index (χ0) is 47.6. The van der Waals surface area contributed by atoms with Crippen molar-refractivity contribution in [1.82, 2.24) is 20.4 Å². The number of rotatable bonds is 14. The Hall–Kier alpha value is -6.40. The number of carboxylic acids is 8. The van der Waals surface area contributed by atoms with Crippen molar-refractivity contribution in [2.24, 2.45) is 0 Å². The smallest absolute Gasteiger partial charge is 0.119 e. The second-order valence-electron chi connectivity index (χ2n) is 13.2. The highest BCUT2D eigenvalue weighted by Gasteiger charge is 2.12. The molecule has 0 aromatic heterocycles. The van der Waals surface area contributed by atoms with E-state index in [4.69, 9.17) is 88.7 Å². The van der Waals surface area contributed by atoms with Crippen LogP contribution in [0.2, 0.25) is 0 Å². The first-order valence-corrected chi connectivity index (χ1v) is 19.0. The summed E-state index contributed by atoms with van der Waals surface area (Å²) >= 11 is 0. The van der Waals surface area contributed by atoms with Gasteiger partial charge in [-0.2, -0.15) is 0 Å². The fraction of sp³-hybridized carbons (Fsp3) is 0.500. The SMILES string of the molecule is CNC(C)Cc1ccc(OCCN2CCCC2)cc1.CNC(C)Cc1ccc(OCCN2CCCC2)cc1.O.O=C([O-])C(=O)[O-].O=C([O-])C(=O)[O-].O=C([O-])C(=O)[O-].O=C([O-])C(=O)[O-]. The van der Waals surface area contributed by atoms with E-state index in [0.29, 0.717) is 12.1 Å². The number of carbonyl (C=O) groups is 8. The lowest BCUT2D eigenvalue weighted by Gasteiger charge is -2.15. The minimum Gasteiger partial charge on any atom is -0.543 e. The molecule has 0 saturated carbocycles. The lowest BCUT2D eigenvalue weighted by Crippen LogP contribution is -2.42. The molecule has 2 aromatic carbocycles. The third-order valence-corrected chi connectivity index (χ3v) is 8.33. The van der Waals surface area contributed by atoms with Crippen LogP contribution >= 0.6 is 0 Å². The van der Waals surface area contributed by atoms with Gasteiger partial charge >= 0.3 is 0 Å². The highest BCUT2D eigenvalue weighted by molar-refractivity contribution is 6.26. The maximum atomic E-state index is 8.93. The molecule has 63 heavy (non-hydrogen) atoms. The van der Waals surface area contributed by atoms with Crippen molar-refractivity contribution in [3.05, 3.63) is 59.7 Å². The van der Waals surface area contributed by atoms with E-state index < -0.39 is 47.8 Å². The number of carbonyl (C=O) groups excluding carboxylic acids is 8. The molecular weight excluding hydrogens is 840 g/mol. The number of likely N-dealkylation sites (N-methyl/N-ethyl adjacent to an activating group) is 2. The largest absolute Gasteiger partial charge is 0.543 e. The van der Waals surface area contributed by atoms with Gasteiger partial charge < -0.3 is 105 Å². The van der Waals surface area contributed by atoms with E-state index in [2.05, 4.69) is 82.8 Å². The molecule has 4 N–H and O–H groups in total. The maximum absolute atomic E-state index is 8.93. The molecule has 0 aliphatic carbocycles. The second kappa shape index (κ2) is 36.3. The second-order valence-corrected chi connectivity index (χ2v) is 13.2. The predicted octanol–water partition coefficient (Wildman–Crippen LogP) is -10.3. The summed E-state index contributed by atoms with van der Waals surface area (Å²) in [5.41, 5.74) is 2.71. The van der Waals surface area contributed by atoms with Crippen LogP contribution in [0.4, 0.5) is 0 Å². The topological polar surface area (TPSA) is 402 Å². The Bertz CT molecular complexity index is 1430. The van der Waals surface area contributed by atoms with Gasteiger partial charge in [0.15, 0.2) is 0 Å². The van der Waals surface area contributed by atoms with Crippen molar-refractivity contribution in [3.8, 4) is 11.5 Å². The molecule has 2 fully saturated rings. The molecule has 0 radical (unpaired) electrons. The molecule has 2 heterocycles. The molecule has 0 amide bonds. The van der Waals surface area contributed by atoms with Gasteiger partial charge in [-0.05, 0) is 128 Å². The molecule has 2 aliphatic heterocycles. The molecule has 356 valence electrons. The average molecular weight is 895 g/mol. The summed E-state index contributed by atoms with van der Waals surface area (Å²) in [5.74, 6) is -15.5. The van der Waals surface area contributed by atoms with Crippen LogP contribution in [0.5, 0.6) is 11.5 Å². The van der Waals surface area contributed by atoms with Gasteiger partial charge in [0.25, 0.3) is 0 Å². The number of benzene rings is 2. The number of hydrogen-bond donors (Lipinski definition) is 2. The number of nitrogens with one attached hydrogen (secondary N) is 2. The Morgan fingerprint density at radius 2 is 0.698 bits per heavy atom. The highest BCUT2D eigenvalue weighted by Crippen LogP contribution is 2.15. The van der Waals surface area contributed by atoms with Gasteiger partial charge in [-0.25, -0.2) is 0 Å². The molecule has 0 bridgehead atoms. The summed E-state index contributed by atoms with van der Waals surface area (Å²) < 4.78 is 11.6. The first kappa shape index (κ1) is 60.9. The molecule has 23 heteroatoms. The number of ether oxygens (including phenoxy) is 2. The van der Waals surface area contributed by atoms with Gasteiger partial charge in [0, 0.05) is 25.2 Å². The van der Waals surface area contributed by atoms with E-state index >= 15 is 0 Å². The van der Waals surface area contributed by atoms with Crippen molar-refractivity contribution in [2.75, 3.05) is 66.6 Å². The molecule has 2 aliphatic rings. The lowest BCUT2D eigenvalue weighted by molar-refractivity contribution is -0.345. The molecule has 23 nitrogen and oxygen atoms in total. The van der Waals surface area contributed by atoms with Gasteiger partial charge in [0.05, 0.1) is 47.8 Å². The maximum Gasteiger partial charge on any atom is 0.119 e. The van der Waals surface area contributed by atoms with E-state index in [9.17, 15) is 0 Å². The Morgan fingerprint density at radius 1 is 0.476 bits per heavy atom. The molecule has 0 spiro atoms. The summed E-state index contributed by atoms with van der Waals surface area (Å²) in [4.78, 5) is 76.4. The van der Waals surface area contributed by atoms with Crippen molar-refractivity contribution in [1.29, 1.82) is 0 Å². The van der Waals surface area contributed by atoms with Crippen LogP contribution in [0.1, 0.15) is 50.7 Å². The molecule has 2 atom stereocenters. The first-order chi connectivity index (χ1) is 29.1. The summed E-state index contributed by atoms with van der Waals surface area (Å²) in [6.45, 7) is 13.1. The lowest BCUT2D eigenvalue weighted by atomic mass is 10.1. The van der Waals surface area contributed by atoms with E-state index in [1.54, 1.807) is 0 Å². The number of hydrogen-bond acceptors (Lipinski definition) is 22. The number of carboxylic acid groups (broad SMARTS) is 8. The Labute approximate surface area is 364 Å². The van der Waals surface area contributed by atoms with E-state index in [1.165, 1.54) is 63.0 Å². The zero-order valence-electron chi connectivity index (χ0n) is 35.4. The quantitative estimate of drug-likeness (QED) is 0.166. The summed E-state index contributed by atoms with van der Waals surface area (Å²) in [5, 5.41) is 77.9. The Balaban J connectivity index is -0.000000756. The van der Waals surface area contributed by atoms with E-state index in [1.807, 2.05) is 14.1 Å². The van der Waals surface area contributed by atoms with Crippen LogP contribution in [0.3, 0.4) is 0 Å². The van der Waals surface area contributed by atoms with Crippen molar-refractivity contribution in [2.45, 2.75) is 64.5 Å². The summed E-state index contributed by atoms with van der Waals surface area (Å²) in [6.07, 6.45) is 7.50. The van der Waals surface area contributed by atoms with Gasteiger partial charge in [0.1, 0.15) is 24.7 Å². The van der Waals surface area contributed by atoms with Crippen LogP contribution in [-0.2, 0) is 51.2 Å². The number of likely N-dealkylation sites (tertiary alicyclic amines) is 2. The standard InChI is InChI=1S/2C16H26N2O.4C2H2O4.H2O/c2*1-14(17-2)13-15-5-7-16(8-6-15)19-12-11-18-9-3-4-10-18;4*3-1(4)2(5)6;/h2*5-8,14,17H,3-4,9-13H2,1-2H3;4*(H,3,4)(H,5,6);1H2/p-8. The number of nitrogens with zero attached hydrogens (tertiary/aromatic N) is 2. The van der Waals surface area contributed by atoms with Crippen LogP contribution in [0, 0.1) is 0 Å². The van der Waals surface area contributed by atoms with Crippen LogP contribution in [0.15, 0.2) is 48.5 Å². The van der Waals surface area contributed by atoms with E-state index in [0.717, 1.165) is 50.6 Å². The minimum absolute atomic E-state index is 0. The molecular formula is C40H54N4O19-8. The summed E-state index contributed by atoms with van der Waals surface area (Å²) in [7, 11) is 4.00. The van der Waals surface area contributed by atoms with Gasteiger partial charge in [0.2, 0.25) is 0 Å². The fourth-order valence-corrected chi connectivity index (χ4v) is 4.95. The Kier molecular flexibility index (Phi) is 35.1. The predicted molar refractivity (Wildman–Crippen MR) is 203 cm³/mol. The van der Waals surface area contributed by atoms with Crippen molar-refractivity contribution in [3.63, 3.8) is 0 Å². The first-order valence-electron chi connectivity index (χ1n) is 19.0. The Morgan fingerprint density at radius 3 is 0.889 bits per heavy atom. The third-order valence-electron chi connectivity index (χ3n) is 8.33. The van der Waals surface area contributed by atoms with Crippen molar-refractivity contribution < 1.29 is 94.2 Å². The van der Waals surface area contributed by atoms with Gasteiger partial charge in [-0.1, -0.05) is 24.3 Å². The average Bonchev–Trinajstić information content (AvgIpc) is 3.95. The van der Waals surface area contributed by atoms with E-state index in [-0.39, 0.29) is 5.48 Å². The highest BCUT2D eigenvalue weighted by atomic mass is 16.5. The molecule has 2 saturated heterocycles. The van der Waals surface area contributed by atoms with Crippen LogP contribution in [-0.4, -0.2) is 142 Å². The minimum atomic E-state index is -2.19. The van der Waals surface area contributed by atoms with Crippen molar-refractivity contribution >= 4 is 47.8 Å². The normalized spacial score (nSPS) is 13.4. The van der Waals surface area contributed by atoms with Crippen LogP contribution < -0.4 is 61.0 Å². The molecule has 2 unspecified atom stereocenters. The fourth-order valence-electron chi connectivity index (χ4n) is 4.95. The molecule has 4 rings (SSSR count). The third kappa shape index (κ3) is 35.0. The van der Waals surface area contributed by atoms with Gasteiger partial charge in [-0.15, -0.1) is 0 Å². The number of aliphatic carboxylic acids is 8. The van der Waals surface area contributed by atoms with Gasteiger partial charge in [-0.3, -0.25) is 9.80 Å². The zero-order valence-corrected chi connectivity index (χ0v) is 35.4. The molecule has 2 aromatic rings.